The number of hydrogen-bond donors (Lipinski definition) is 1. The zero-order chi connectivity index (χ0) is 13.0. The van der Waals surface area contributed by atoms with Crippen LogP contribution >= 0.6 is 0 Å². The van der Waals surface area contributed by atoms with Crippen LogP contribution in [0.5, 0.6) is 5.75 Å². The molecule has 0 spiro atoms. The lowest BCUT2D eigenvalue weighted by atomic mass is 10.1. The molecular weight excluding hydrogens is 226 g/mol. The van der Waals surface area contributed by atoms with Crippen molar-refractivity contribution in [2.45, 2.75) is 26.4 Å². The quantitative estimate of drug-likeness (QED) is 0.879. The lowest BCUT2D eigenvalue weighted by Crippen LogP contribution is -2.09. The molecule has 2 rings (SSSR count). The number of nitrogens with zero attached hydrogens (tertiary/aromatic N) is 2. The number of benzene rings is 1. The average Bonchev–Trinajstić information content (AvgIpc) is 2.76. The van der Waals surface area contributed by atoms with E-state index >= 15 is 0 Å². The molecule has 1 heterocycles. The predicted octanol–water partition coefficient (Wildman–Crippen LogP) is 2.29. The fourth-order valence-electron chi connectivity index (χ4n) is 1.79. The van der Waals surface area contributed by atoms with Gasteiger partial charge in [-0.2, -0.15) is 0 Å². The van der Waals surface area contributed by atoms with Crippen LogP contribution in [0.3, 0.4) is 0 Å². The lowest BCUT2D eigenvalue weighted by molar-refractivity contribution is 0.296. The van der Waals surface area contributed by atoms with Crippen LogP contribution in [-0.4, -0.2) is 16.2 Å². The third-order valence-corrected chi connectivity index (χ3v) is 2.91. The standard InChI is InChI=1S/C14H19N3O/c1-11(15)13-4-3-5-14(10-13)18-9-8-17-7-6-16-12(17)2/h3-7,10-11H,8-9,15H2,1-2H3/t11-/m1/s1. The second-order valence-electron chi connectivity index (χ2n) is 4.38. The smallest absolute Gasteiger partial charge is 0.119 e. The zero-order valence-corrected chi connectivity index (χ0v) is 10.8. The van der Waals surface area contributed by atoms with Crippen molar-refractivity contribution in [3.63, 3.8) is 0 Å². The second-order valence-corrected chi connectivity index (χ2v) is 4.38. The molecule has 4 heteroatoms. The lowest BCUT2D eigenvalue weighted by Gasteiger charge is -2.10. The van der Waals surface area contributed by atoms with Crippen molar-refractivity contribution in [3.05, 3.63) is 48.0 Å². The summed E-state index contributed by atoms with van der Waals surface area (Å²) in [5.41, 5.74) is 6.93. The van der Waals surface area contributed by atoms with E-state index in [0.29, 0.717) is 6.61 Å². The van der Waals surface area contributed by atoms with Crippen LogP contribution in [0, 0.1) is 6.92 Å². The Labute approximate surface area is 107 Å². The number of hydrogen-bond acceptors (Lipinski definition) is 3. The van der Waals surface area contributed by atoms with Crippen molar-refractivity contribution in [1.29, 1.82) is 0 Å². The van der Waals surface area contributed by atoms with Gasteiger partial charge in [-0.25, -0.2) is 4.98 Å². The Morgan fingerprint density at radius 3 is 2.94 bits per heavy atom. The Morgan fingerprint density at radius 1 is 1.44 bits per heavy atom. The van der Waals surface area contributed by atoms with Crippen molar-refractivity contribution >= 4 is 0 Å². The molecular formula is C14H19N3O. The van der Waals surface area contributed by atoms with Crippen LogP contribution in [-0.2, 0) is 6.54 Å². The highest BCUT2D eigenvalue weighted by Crippen LogP contribution is 2.17. The third-order valence-electron chi connectivity index (χ3n) is 2.91. The maximum absolute atomic E-state index is 5.84. The molecule has 0 fully saturated rings. The fraction of sp³-hybridized carbons (Fsp3) is 0.357. The van der Waals surface area contributed by atoms with E-state index < -0.39 is 0 Å². The van der Waals surface area contributed by atoms with Gasteiger partial charge in [0.15, 0.2) is 0 Å². The van der Waals surface area contributed by atoms with E-state index in [0.717, 1.165) is 23.7 Å². The average molecular weight is 245 g/mol. The van der Waals surface area contributed by atoms with Gasteiger partial charge in [0.2, 0.25) is 0 Å². The van der Waals surface area contributed by atoms with Gasteiger partial charge in [0.05, 0.1) is 6.54 Å². The second kappa shape index (κ2) is 5.69. The van der Waals surface area contributed by atoms with Crippen molar-refractivity contribution in [2.24, 2.45) is 5.73 Å². The van der Waals surface area contributed by atoms with Gasteiger partial charge >= 0.3 is 0 Å². The first-order chi connectivity index (χ1) is 8.66. The number of aryl methyl sites for hydroxylation is 1. The number of aromatic nitrogens is 2. The molecule has 1 aromatic heterocycles. The Hall–Kier alpha value is -1.81. The molecule has 0 amide bonds. The Balaban J connectivity index is 1.90. The van der Waals surface area contributed by atoms with E-state index in [1.165, 1.54) is 0 Å². The highest BCUT2D eigenvalue weighted by molar-refractivity contribution is 5.30. The van der Waals surface area contributed by atoms with E-state index in [2.05, 4.69) is 9.55 Å². The summed E-state index contributed by atoms with van der Waals surface area (Å²) in [4.78, 5) is 4.17. The molecule has 0 bridgehead atoms. The van der Waals surface area contributed by atoms with Gasteiger partial charge in [-0.3, -0.25) is 0 Å². The van der Waals surface area contributed by atoms with E-state index in [9.17, 15) is 0 Å². The monoisotopic (exact) mass is 245 g/mol. The van der Waals surface area contributed by atoms with E-state index in [1.807, 2.05) is 44.3 Å². The van der Waals surface area contributed by atoms with E-state index in [4.69, 9.17) is 10.5 Å². The van der Waals surface area contributed by atoms with Crippen molar-refractivity contribution in [1.82, 2.24) is 9.55 Å². The van der Waals surface area contributed by atoms with Gasteiger partial charge in [-0.15, -0.1) is 0 Å². The first-order valence-electron chi connectivity index (χ1n) is 6.13. The molecule has 1 aromatic carbocycles. The molecule has 18 heavy (non-hydrogen) atoms. The van der Waals surface area contributed by atoms with Crippen molar-refractivity contribution in [2.75, 3.05) is 6.61 Å². The maximum Gasteiger partial charge on any atom is 0.119 e. The van der Waals surface area contributed by atoms with Gasteiger partial charge < -0.3 is 15.0 Å². The highest BCUT2D eigenvalue weighted by atomic mass is 16.5. The van der Waals surface area contributed by atoms with Crippen LogP contribution in [0.1, 0.15) is 24.4 Å². The molecule has 0 aliphatic rings. The van der Waals surface area contributed by atoms with Crippen LogP contribution < -0.4 is 10.5 Å². The normalized spacial score (nSPS) is 12.4. The summed E-state index contributed by atoms with van der Waals surface area (Å²) in [5, 5.41) is 0. The van der Waals surface area contributed by atoms with Crippen LogP contribution in [0.15, 0.2) is 36.7 Å². The predicted molar refractivity (Wildman–Crippen MR) is 71.5 cm³/mol. The molecule has 2 N–H and O–H groups in total. The molecule has 0 saturated carbocycles. The van der Waals surface area contributed by atoms with E-state index in [-0.39, 0.29) is 6.04 Å². The summed E-state index contributed by atoms with van der Waals surface area (Å²) in [6, 6.07) is 7.95. The van der Waals surface area contributed by atoms with Gasteiger partial charge in [0, 0.05) is 18.4 Å². The number of nitrogens with two attached hydrogens (primary N) is 1. The summed E-state index contributed by atoms with van der Waals surface area (Å²) in [6.07, 6.45) is 3.75. The molecule has 0 saturated heterocycles. The summed E-state index contributed by atoms with van der Waals surface area (Å²) >= 11 is 0. The minimum Gasteiger partial charge on any atom is -0.492 e. The molecule has 1 atom stereocenters. The summed E-state index contributed by atoms with van der Waals surface area (Å²) in [6.45, 7) is 5.37. The molecule has 0 radical (unpaired) electrons. The van der Waals surface area contributed by atoms with Crippen molar-refractivity contribution < 1.29 is 4.74 Å². The molecule has 0 aliphatic heterocycles. The van der Waals surface area contributed by atoms with Gasteiger partial charge in [0.1, 0.15) is 18.2 Å². The van der Waals surface area contributed by atoms with Gasteiger partial charge in [0.25, 0.3) is 0 Å². The minimum atomic E-state index is 0.0319. The minimum absolute atomic E-state index is 0.0319. The Morgan fingerprint density at radius 2 is 2.28 bits per heavy atom. The van der Waals surface area contributed by atoms with E-state index in [1.54, 1.807) is 6.20 Å². The number of rotatable bonds is 5. The number of ether oxygens (including phenoxy) is 1. The Kier molecular flexibility index (Phi) is 3.99. The maximum atomic E-state index is 5.84. The van der Waals surface area contributed by atoms with Crippen molar-refractivity contribution in [3.8, 4) is 5.75 Å². The zero-order valence-electron chi connectivity index (χ0n) is 10.8. The summed E-state index contributed by atoms with van der Waals surface area (Å²) in [7, 11) is 0. The van der Waals surface area contributed by atoms with Gasteiger partial charge in [-0.05, 0) is 31.5 Å². The fourth-order valence-corrected chi connectivity index (χ4v) is 1.79. The molecule has 96 valence electrons. The topological polar surface area (TPSA) is 53.1 Å². The van der Waals surface area contributed by atoms with Gasteiger partial charge in [-0.1, -0.05) is 12.1 Å². The number of imidazole rings is 1. The SMILES string of the molecule is Cc1nccn1CCOc1cccc([C@@H](C)N)c1. The largest absolute Gasteiger partial charge is 0.492 e. The van der Waals surface area contributed by atoms with Crippen LogP contribution in [0.2, 0.25) is 0 Å². The third kappa shape index (κ3) is 3.11. The first kappa shape index (κ1) is 12.6. The molecule has 4 nitrogen and oxygen atoms in total. The summed E-state index contributed by atoms with van der Waals surface area (Å²) in [5.74, 6) is 1.87. The molecule has 0 unspecified atom stereocenters. The highest BCUT2D eigenvalue weighted by Gasteiger charge is 2.02. The van der Waals surface area contributed by atoms with Crippen LogP contribution in [0.25, 0.3) is 0 Å². The van der Waals surface area contributed by atoms with Crippen LogP contribution in [0.4, 0.5) is 0 Å². The molecule has 2 aromatic rings. The first-order valence-corrected chi connectivity index (χ1v) is 6.13. The molecule has 0 aliphatic carbocycles. The summed E-state index contributed by atoms with van der Waals surface area (Å²) < 4.78 is 7.79. The Bertz CT molecular complexity index is 505.